The van der Waals surface area contributed by atoms with Crippen molar-refractivity contribution in [2.45, 2.75) is 18.4 Å². The van der Waals surface area contributed by atoms with Crippen molar-refractivity contribution in [1.29, 1.82) is 0 Å². The molecule has 40 valence electrons. The maximum Gasteiger partial charge on any atom is 0.278 e. The van der Waals surface area contributed by atoms with Gasteiger partial charge in [0.15, 0.2) is 5.54 Å². The summed E-state index contributed by atoms with van der Waals surface area (Å²) in [7, 11) is 0. The van der Waals surface area contributed by atoms with Gasteiger partial charge in [-0.05, 0) is 0 Å². The Morgan fingerprint density at radius 2 is 2.14 bits per heavy atom. The molecule has 0 spiro atoms. The Bertz CT molecular complexity index is 106. The minimum absolute atomic E-state index is 0.257. The Morgan fingerprint density at radius 1 is 1.71 bits per heavy atom. The van der Waals surface area contributed by atoms with E-state index in [1.54, 1.807) is 0 Å². The first-order valence-corrected chi connectivity index (χ1v) is 2.30. The lowest BCUT2D eigenvalue weighted by Gasteiger charge is -1.93. The number of carbonyl (C=O) groups excluding carboxylic acids is 1. The average molecular weight is 101 g/mol. The van der Waals surface area contributed by atoms with E-state index in [0.29, 0.717) is 0 Å². The van der Waals surface area contributed by atoms with Gasteiger partial charge < -0.3 is 11.5 Å². The van der Waals surface area contributed by atoms with E-state index in [-0.39, 0.29) is 11.4 Å². The molecule has 0 saturated heterocycles. The molecule has 0 heterocycles. The van der Waals surface area contributed by atoms with Crippen LogP contribution in [0.25, 0.3) is 0 Å². The van der Waals surface area contributed by atoms with Crippen LogP contribution in [-0.2, 0) is 4.79 Å². The molecule has 0 aliphatic heterocycles. The molecule has 7 heavy (non-hydrogen) atoms. The summed E-state index contributed by atoms with van der Waals surface area (Å²) < 4.78 is 0. The van der Waals surface area contributed by atoms with Crippen LogP contribution in [0, 0.1) is 0 Å². The molecule has 0 atom stereocenters. The van der Waals surface area contributed by atoms with Gasteiger partial charge in [0, 0.05) is 12.8 Å². The fraction of sp³-hybridized carbons (Fsp3) is 0.750. The van der Waals surface area contributed by atoms with E-state index in [1.165, 1.54) is 0 Å². The highest BCUT2D eigenvalue weighted by molar-refractivity contribution is 5.85. The van der Waals surface area contributed by atoms with Crippen LogP contribution in [0.1, 0.15) is 12.8 Å². The second kappa shape index (κ2) is 0.980. The molecule has 0 aromatic heterocycles. The number of primary amides is 1. The molecule has 1 aliphatic carbocycles. The van der Waals surface area contributed by atoms with E-state index in [4.69, 9.17) is 5.73 Å². The fourth-order valence-electron chi connectivity index (χ4n) is 0.397. The van der Waals surface area contributed by atoms with Crippen molar-refractivity contribution in [3.63, 3.8) is 0 Å². The Kier molecular flexibility index (Phi) is 0.642. The molecule has 1 amide bonds. The zero-order valence-electron chi connectivity index (χ0n) is 4.11. The summed E-state index contributed by atoms with van der Waals surface area (Å²) in [6.07, 6.45) is 1.75. The van der Waals surface area contributed by atoms with E-state index < -0.39 is 0 Å². The molecule has 1 aliphatic rings. The van der Waals surface area contributed by atoms with Gasteiger partial charge in [0.25, 0.3) is 5.91 Å². The van der Waals surface area contributed by atoms with Gasteiger partial charge in [-0.3, -0.25) is 4.79 Å². The third-order valence-electron chi connectivity index (χ3n) is 1.38. The van der Waals surface area contributed by atoms with Crippen LogP contribution < -0.4 is 11.5 Å². The molecule has 3 heteroatoms. The first-order valence-electron chi connectivity index (χ1n) is 2.30. The van der Waals surface area contributed by atoms with Gasteiger partial charge in [0.2, 0.25) is 0 Å². The number of quaternary nitrogens is 1. The van der Waals surface area contributed by atoms with Crippen molar-refractivity contribution in [3.8, 4) is 0 Å². The molecule has 0 radical (unpaired) electrons. The van der Waals surface area contributed by atoms with Crippen molar-refractivity contribution < 1.29 is 10.5 Å². The van der Waals surface area contributed by atoms with E-state index in [2.05, 4.69) is 5.73 Å². The molecular formula is C4H9N2O+. The summed E-state index contributed by atoms with van der Waals surface area (Å²) in [5, 5.41) is 0. The molecule has 5 N–H and O–H groups in total. The van der Waals surface area contributed by atoms with Crippen LogP contribution >= 0.6 is 0 Å². The standard InChI is InChI=1S/C4H8N2O/c5-3(7)4(6)1-2-4/h1-2,6H2,(H2,5,7)/p+1. The number of carbonyl (C=O) groups is 1. The van der Waals surface area contributed by atoms with Crippen LogP contribution in [0.15, 0.2) is 0 Å². The molecule has 0 bridgehead atoms. The van der Waals surface area contributed by atoms with Crippen LogP contribution in [0.4, 0.5) is 0 Å². The van der Waals surface area contributed by atoms with Gasteiger partial charge in [-0.15, -0.1) is 0 Å². The number of rotatable bonds is 1. The Morgan fingerprint density at radius 3 is 2.14 bits per heavy atom. The van der Waals surface area contributed by atoms with Crippen molar-refractivity contribution >= 4 is 5.91 Å². The summed E-state index contributed by atoms with van der Waals surface area (Å²) in [4.78, 5) is 10.2. The SMILES string of the molecule is NC(=O)C1([NH3+])CC1. The zero-order chi connectivity index (χ0) is 5.49. The average Bonchev–Trinajstić information content (AvgIpc) is 2.21. The molecule has 1 saturated carbocycles. The highest BCUT2D eigenvalue weighted by Gasteiger charge is 2.49. The number of nitrogens with two attached hydrogens (primary N) is 1. The highest BCUT2D eigenvalue weighted by atomic mass is 16.1. The van der Waals surface area contributed by atoms with Gasteiger partial charge in [-0.1, -0.05) is 0 Å². The van der Waals surface area contributed by atoms with Crippen LogP contribution in [0.3, 0.4) is 0 Å². The van der Waals surface area contributed by atoms with E-state index in [1.807, 2.05) is 0 Å². The Labute approximate surface area is 41.7 Å². The van der Waals surface area contributed by atoms with Gasteiger partial charge in [0.1, 0.15) is 0 Å². The van der Waals surface area contributed by atoms with Gasteiger partial charge in [-0.2, -0.15) is 0 Å². The van der Waals surface area contributed by atoms with E-state index in [0.717, 1.165) is 12.8 Å². The van der Waals surface area contributed by atoms with E-state index in [9.17, 15) is 4.79 Å². The van der Waals surface area contributed by atoms with Gasteiger partial charge >= 0.3 is 0 Å². The summed E-state index contributed by atoms with van der Waals surface area (Å²) in [6, 6.07) is 0. The minimum atomic E-state index is -0.361. The van der Waals surface area contributed by atoms with E-state index >= 15 is 0 Å². The fourth-order valence-corrected chi connectivity index (χ4v) is 0.397. The van der Waals surface area contributed by atoms with Crippen LogP contribution in [0.2, 0.25) is 0 Å². The number of amides is 1. The lowest BCUT2D eigenvalue weighted by molar-refractivity contribution is -0.420. The molecule has 0 aromatic carbocycles. The minimum Gasteiger partial charge on any atom is -0.364 e. The van der Waals surface area contributed by atoms with Crippen molar-refractivity contribution in [3.05, 3.63) is 0 Å². The molecule has 1 rings (SSSR count). The smallest absolute Gasteiger partial charge is 0.278 e. The second-order valence-electron chi connectivity index (χ2n) is 2.14. The maximum absolute atomic E-state index is 10.2. The Hall–Kier alpha value is -0.570. The lowest BCUT2D eigenvalue weighted by Crippen LogP contribution is -2.69. The predicted molar refractivity (Wildman–Crippen MR) is 24.0 cm³/mol. The molecule has 1 fully saturated rings. The summed E-state index contributed by atoms with van der Waals surface area (Å²) >= 11 is 0. The first-order chi connectivity index (χ1) is 3.15. The molecule has 0 aromatic rings. The van der Waals surface area contributed by atoms with Gasteiger partial charge in [0.05, 0.1) is 0 Å². The normalized spacial score (nSPS) is 24.1. The quantitative estimate of drug-likeness (QED) is 0.404. The molecule has 3 nitrogen and oxygen atoms in total. The predicted octanol–water partition coefficient (Wildman–Crippen LogP) is -1.75. The monoisotopic (exact) mass is 101 g/mol. The first kappa shape index (κ1) is 4.59. The van der Waals surface area contributed by atoms with Crippen molar-refractivity contribution in [1.82, 2.24) is 0 Å². The summed E-state index contributed by atoms with van der Waals surface area (Å²) in [5.41, 5.74) is 8.18. The molecule has 0 unspecified atom stereocenters. The number of hydrogen-bond donors (Lipinski definition) is 2. The maximum atomic E-state index is 10.2. The summed E-state index contributed by atoms with van der Waals surface area (Å²) in [6.45, 7) is 0. The third-order valence-corrected chi connectivity index (χ3v) is 1.38. The topological polar surface area (TPSA) is 70.7 Å². The summed E-state index contributed by atoms with van der Waals surface area (Å²) in [5.74, 6) is -0.257. The third kappa shape index (κ3) is 0.587. The van der Waals surface area contributed by atoms with Crippen molar-refractivity contribution in [2.75, 3.05) is 0 Å². The second-order valence-corrected chi connectivity index (χ2v) is 2.14. The van der Waals surface area contributed by atoms with Crippen LogP contribution in [-0.4, -0.2) is 11.4 Å². The van der Waals surface area contributed by atoms with Crippen molar-refractivity contribution in [2.24, 2.45) is 5.73 Å². The lowest BCUT2D eigenvalue weighted by atomic mass is 10.3. The highest BCUT2D eigenvalue weighted by Crippen LogP contribution is 2.28. The largest absolute Gasteiger partial charge is 0.364 e. The zero-order valence-corrected chi connectivity index (χ0v) is 4.11. The van der Waals surface area contributed by atoms with Crippen LogP contribution in [0.5, 0.6) is 0 Å². The van der Waals surface area contributed by atoms with Gasteiger partial charge in [-0.25, -0.2) is 0 Å². The molecular weight excluding hydrogens is 92.1 g/mol. The Balaban J connectivity index is 2.55. The number of hydrogen-bond acceptors (Lipinski definition) is 1.